The highest BCUT2D eigenvalue weighted by molar-refractivity contribution is 9.10. The highest BCUT2D eigenvalue weighted by Crippen LogP contribution is 2.33. The first kappa shape index (κ1) is 14.6. The highest BCUT2D eigenvalue weighted by Gasteiger charge is 2.10. The number of hydrogen-bond donors (Lipinski definition) is 2. The molecule has 0 amide bonds. The molecule has 104 valence electrons. The molecule has 0 aromatic heterocycles. The first-order chi connectivity index (χ1) is 9.51. The Hall–Kier alpha value is -1.79. The van der Waals surface area contributed by atoms with Crippen molar-refractivity contribution in [3.05, 3.63) is 57.3 Å². The maximum atomic E-state index is 13.9. The van der Waals surface area contributed by atoms with Crippen LogP contribution < -0.4 is 10.5 Å². The van der Waals surface area contributed by atoms with E-state index in [1.165, 1.54) is 12.1 Å². The minimum atomic E-state index is -0.648. The van der Waals surface area contributed by atoms with E-state index in [4.69, 9.17) is 27.3 Å². The van der Waals surface area contributed by atoms with E-state index in [1.807, 2.05) is 0 Å². The molecule has 4 nitrogen and oxygen atoms in total. The Kier molecular flexibility index (Phi) is 4.46. The van der Waals surface area contributed by atoms with Crippen molar-refractivity contribution in [3.8, 4) is 11.5 Å². The number of ether oxygens (including phenoxy) is 1. The number of benzene rings is 2. The van der Waals surface area contributed by atoms with Crippen molar-refractivity contribution in [2.45, 2.75) is 0 Å². The molecule has 0 heterocycles. The lowest BCUT2D eigenvalue weighted by Gasteiger charge is -2.09. The summed E-state index contributed by atoms with van der Waals surface area (Å²) >= 11 is 9.24. The Morgan fingerprint density at radius 1 is 1.25 bits per heavy atom. The summed E-state index contributed by atoms with van der Waals surface area (Å²) in [5, 5.41) is 11.7. The molecule has 7 heteroatoms. The Morgan fingerprint density at radius 2 is 2.00 bits per heavy atom. The number of rotatable bonds is 3. The number of nitrogens with zero attached hydrogens (tertiary/aromatic N) is 1. The van der Waals surface area contributed by atoms with Gasteiger partial charge in [-0.2, -0.15) is 0 Å². The second kappa shape index (κ2) is 6.11. The van der Waals surface area contributed by atoms with Gasteiger partial charge in [0, 0.05) is 10.0 Å². The Morgan fingerprint density at radius 3 is 2.65 bits per heavy atom. The molecule has 0 spiro atoms. The van der Waals surface area contributed by atoms with Gasteiger partial charge in [0.15, 0.2) is 17.4 Å². The van der Waals surface area contributed by atoms with Gasteiger partial charge >= 0.3 is 0 Å². The molecule has 20 heavy (non-hydrogen) atoms. The highest BCUT2D eigenvalue weighted by atomic mass is 79.9. The van der Waals surface area contributed by atoms with Gasteiger partial charge in [0.05, 0.1) is 5.02 Å². The zero-order valence-corrected chi connectivity index (χ0v) is 12.3. The first-order valence-electron chi connectivity index (χ1n) is 5.41. The monoisotopic (exact) mass is 358 g/mol. The molecular formula is C13H9BrClFN2O2. The van der Waals surface area contributed by atoms with E-state index in [1.54, 1.807) is 18.2 Å². The number of hydrogen-bond acceptors (Lipinski definition) is 3. The van der Waals surface area contributed by atoms with E-state index in [9.17, 15) is 4.39 Å². The predicted octanol–water partition coefficient (Wildman–Crippen LogP) is 4.13. The van der Waals surface area contributed by atoms with E-state index in [2.05, 4.69) is 21.1 Å². The lowest BCUT2D eigenvalue weighted by Crippen LogP contribution is -2.13. The van der Waals surface area contributed by atoms with Crippen LogP contribution in [0.5, 0.6) is 11.5 Å². The zero-order chi connectivity index (χ0) is 14.7. The van der Waals surface area contributed by atoms with Crippen molar-refractivity contribution in [3.63, 3.8) is 0 Å². The minimum absolute atomic E-state index is 0.0144. The summed E-state index contributed by atoms with van der Waals surface area (Å²) in [5.74, 6) is -0.531. The Bertz CT molecular complexity index is 679. The largest absolute Gasteiger partial charge is 0.453 e. The average Bonchev–Trinajstić information content (AvgIpc) is 2.44. The van der Waals surface area contributed by atoms with E-state index in [0.717, 1.165) is 10.5 Å². The third-order valence-electron chi connectivity index (χ3n) is 2.45. The summed E-state index contributed by atoms with van der Waals surface area (Å²) in [6, 6.07) is 8.95. The van der Waals surface area contributed by atoms with Gasteiger partial charge in [0.2, 0.25) is 0 Å². The van der Waals surface area contributed by atoms with Crippen molar-refractivity contribution in [2.75, 3.05) is 0 Å². The number of amidine groups is 1. The van der Waals surface area contributed by atoms with Gasteiger partial charge < -0.3 is 15.7 Å². The SMILES string of the molecule is NC(=NO)c1ccc(Oc2cc(Br)ccc2Cl)c(F)c1. The average molecular weight is 360 g/mol. The predicted molar refractivity (Wildman–Crippen MR) is 78.1 cm³/mol. The smallest absolute Gasteiger partial charge is 0.170 e. The van der Waals surface area contributed by atoms with Crippen molar-refractivity contribution < 1.29 is 14.3 Å². The zero-order valence-electron chi connectivity index (χ0n) is 9.98. The van der Waals surface area contributed by atoms with Crippen LogP contribution in [0.2, 0.25) is 5.02 Å². The van der Waals surface area contributed by atoms with Gasteiger partial charge in [-0.3, -0.25) is 0 Å². The molecule has 0 aliphatic carbocycles. The molecule has 3 N–H and O–H groups in total. The standard InChI is InChI=1S/C13H9BrClFN2O2/c14-8-2-3-9(15)12(6-8)20-11-4-1-7(5-10(11)16)13(17)18-19/h1-6,19H,(H2,17,18). The number of oxime groups is 1. The summed E-state index contributed by atoms with van der Waals surface area (Å²) in [7, 11) is 0. The van der Waals surface area contributed by atoms with Crippen molar-refractivity contribution in [1.82, 2.24) is 0 Å². The van der Waals surface area contributed by atoms with Gasteiger partial charge in [0.1, 0.15) is 5.75 Å². The second-order valence-corrected chi connectivity index (χ2v) is 5.13. The minimum Gasteiger partial charge on any atom is -0.453 e. The maximum Gasteiger partial charge on any atom is 0.170 e. The molecule has 2 aromatic carbocycles. The summed E-state index contributed by atoms with van der Waals surface area (Å²) < 4.78 is 20.1. The third-order valence-corrected chi connectivity index (χ3v) is 3.25. The summed E-state index contributed by atoms with van der Waals surface area (Å²) in [5.41, 5.74) is 5.62. The van der Waals surface area contributed by atoms with Gasteiger partial charge in [0.25, 0.3) is 0 Å². The summed E-state index contributed by atoms with van der Waals surface area (Å²) in [4.78, 5) is 0. The Balaban J connectivity index is 2.33. The van der Waals surface area contributed by atoms with Crippen LogP contribution in [0.25, 0.3) is 0 Å². The van der Waals surface area contributed by atoms with Gasteiger partial charge in [-0.05, 0) is 36.4 Å². The maximum absolute atomic E-state index is 13.9. The van der Waals surface area contributed by atoms with E-state index in [0.29, 0.717) is 10.8 Å². The fraction of sp³-hybridized carbons (Fsp3) is 0. The molecule has 0 aliphatic heterocycles. The molecule has 0 saturated heterocycles. The van der Waals surface area contributed by atoms with E-state index < -0.39 is 5.82 Å². The van der Waals surface area contributed by atoms with Gasteiger partial charge in [-0.15, -0.1) is 0 Å². The van der Waals surface area contributed by atoms with Gasteiger partial charge in [-0.25, -0.2) is 4.39 Å². The van der Waals surface area contributed by atoms with Crippen LogP contribution in [-0.2, 0) is 0 Å². The molecule has 0 fully saturated rings. The quantitative estimate of drug-likeness (QED) is 0.375. The van der Waals surface area contributed by atoms with Crippen molar-refractivity contribution in [2.24, 2.45) is 10.9 Å². The fourth-order valence-corrected chi connectivity index (χ4v) is 1.97. The molecule has 0 radical (unpaired) electrons. The van der Waals surface area contributed by atoms with Crippen LogP contribution in [0.4, 0.5) is 4.39 Å². The van der Waals surface area contributed by atoms with E-state index in [-0.39, 0.29) is 17.1 Å². The molecule has 2 aromatic rings. The fourth-order valence-electron chi connectivity index (χ4n) is 1.47. The normalized spacial score (nSPS) is 11.4. The molecule has 0 aliphatic rings. The van der Waals surface area contributed by atoms with E-state index >= 15 is 0 Å². The molecular weight excluding hydrogens is 351 g/mol. The van der Waals surface area contributed by atoms with Crippen LogP contribution >= 0.6 is 27.5 Å². The van der Waals surface area contributed by atoms with Crippen LogP contribution in [0, 0.1) is 5.82 Å². The molecule has 0 bridgehead atoms. The second-order valence-electron chi connectivity index (χ2n) is 3.81. The molecule has 2 rings (SSSR count). The molecule has 0 saturated carbocycles. The number of halogens is 3. The summed E-state index contributed by atoms with van der Waals surface area (Å²) in [6.45, 7) is 0. The van der Waals surface area contributed by atoms with Crippen molar-refractivity contribution in [1.29, 1.82) is 0 Å². The molecule has 0 unspecified atom stereocenters. The number of nitrogens with two attached hydrogens (primary N) is 1. The van der Waals surface area contributed by atoms with Gasteiger partial charge in [-0.1, -0.05) is 32.7 Å². The van der Waals surface area contributed by atoms with Crippen molar-refractivity contribution >= 4 is 33.4 Å². The van der Waals surface area contributed by atoms with Crippen LogP contribution in [0.3, 0.4) is 0 Å². The third kappa shape index (κ3) is 3.20. The molecule has 0 atom stereocenters. The lowest BCUT2D eigenvalue weighted by molar-refractivity contribution is 0.318. The first-order valence-corrected chi connectivity index (χ1v) is 6.58. The topological polar surface area (TPSA) is 67.8 Å². The lowest BCUT2D eigenvalue weighted by atomic mass is 10.2. The Labute approximate surface area is 127 Å². The summed E-state index contributed by atoms with van der Waals surface area (Å²) in [6.07, 6.45) is 0. The van der Waals surface area contributed by atoms with Crippen LogP contribution in [0.15, 0.2) is 46.0 Å². The van der Waals surface area contributed by atoms with Crippen LogP contribution in [-0.4, -0.2) is 11.0 Å². The van der Waals surface area contributed by atoms with Crippen LogP contribution in [0.1, 0.15) is 5.56 Å².